The zero-order valence-electron chi connectivity index (χ0n) is 26.4. The predicted molar refractivity (Wildman–Crippen MR) is 179 cm³/mol. The van der Waals surface area contributed by atoms with E-state index in [0.29, 0.717) is 0 Å². The number of halogens is 2. The van der Waals surface area contributed by atoms with Crippen molar-refractivity contribution in [1.29, 1.82) is 0 Å². The minimum atomic E-state index is 0. The average molecular weight is 570 g/mol. The van der Waals surface area contributed by atoms with Crippen LogP contribution in [0.4, 0.5) is 0 Å². The molecule has 4 heteroatoms. The van der Waals surface area contributed by atoms with Gasteiger partial charge in [0.15, 0.2) is 0 Å². The number of nitrogens with zero attached hydrogens (tertiary/aromatic N) is 2. The molecule has 0 amide bonds. The Hall–Kier alpha value is -1.06. The van der Waals surface area contributed by atoms with E-state index < -0.39 is 0 Å². The minimum Gasteiger partial charge on any atom is -0.312 e. The fourth-order valence-corrected chi connectivity index (χ4v) is 4.35. The van der Waals surface area contributed by atoms with Gasteiger partial charge in [0.25, 0.3) is 0 Å². The quantitative estimate of drug-likeness (QED) is 0.209. The second-order valence-electron chi connectivity index (χ2n) is 11.1. The second kappa shape index (κ2) is 27.5. The van der Waals surface area contributed by atoms with Gasteiger partial charge in [0.05, 0.1) is 0 Å². The smallest absolute Gasteiger partial charge is 0.00202 e. The van der Waals surface area contributed by atoms with Crippen molar-refractivity contribution in [1.82, 2.24) is 9.80 Å². The summed E-state index contributed by atoms with van der Waals surface area (Å²) in [4.78, 5) is 4.00. The first-order chi connectivity index (χ1) is 17.2. The zero-order valence-corrected chi connectivity index (χ0v) is 28.1. The van der Waals surface area contributed by atoms with Gasteiger partial charge in [0.2, 0.25) is 0 Å². The van der Waals surface area contributed by atoms with Gasteiger partial charge in [-0.3, -0.25) is 0 Å². The first-order valence-electron chi connectivity index (χ1n) is 14.6. The highest BCUT2D eigenvalue weighted by atomic mass is 35.5. The van der Waals surface area contributed by atoms with Crippen LogP contribution in [0.2, 0.25) is 0 Å². The number of hydrogen-bond acceptors (Lipinski definition) is 2. The van der Waals surface area contributed by atoms with E-state index in [9.17, 15) is 0 Å². The molecule has 0 heterocycles. The molecule has 0 aromatic heterocycles. The molecule has 0 aliphatic rings. The van der Waals surface area contributed by atoms with Crippen molar-refractivity contribution in [2.75, 3.05) is 42.3 Å². The molecule has 0 radical (unpaired) electrons. The Bertz CT molecular complexity index is 749. The van der Waals surface area contributed by atoms with Crippen LogP contribution in [0.15, 0.2) is 42.5 Å². The monoisotopic (exact) mass is 568 g/mol. The van der Waals surface area contributed by atoms with Crippen LogP contribution in [-0.4, -0.2) is 52.1 Å². The Kier molecular flexibility index (Phi) is 30.0. The van der Waals surface area contributed by atoms with Gasteiger partial charge in [0.1, 0.15) is 0 Å². The van der Waals surface area contributed by atoms with E-state index in [1.54, 1.807) is 11.1 Å². The van der Waals surface area contributed by atoms with Crippen LogP contribution in [-0.2, 0) is 19.3 Å². The summed E-state index contributed by atoms with van der Waals surface area (Å²) < 4.78 is 0. The van der Waals surface area contributed by atoms with Crippen LogP contribution in [0.25, 0.3) is 0 Å². The first-order valence-corrected chi connectivity index (χ1v) is 14.6. The number of benzene rings is 2. The fourth-order valence-electron chi connectivity index (χ4n) is 4.35. The van der Waals surface area contributed by atoms with Crippen LogP contribution in [0, 0.1) is 6.92 Å². The predicted octanol–water partition coefficient (Wildman–Crippen LogP) is 9.81. The van der Waals surface area contributed by atoms with Gasteiger partial charge in [-0.1, -0.05) is 114 Å². The largest absolute Gasteiger partial charge is 0.312 e. The summed E-state index contributed by atoms with van der Waals surface area (Å²) in [6, 6.07) is 15.7. The lowest BCUT2D eigenvalue weighted by atomic mass is 9.88. The van der Waals surface area contributed by atoms with Crippen molar-refractivity contribution in [2.45, 2.75) is 104 Å². The Morgan fingerprint density at radius 1 is 0.553 bits per heavy atom. The minimum absolute atomic E-state index is 0. The van der Waals surface area contributed by atoms with E-state index in [-0.39, 0.29) is 24.8 Å². The van der Waals surface area contributed by atoms with Crippen LogP contribution in [0.3, 0.4) is 0 Å². The van der Waals surface area contributed by atoms with E-state index in [1.807, 2.05) is 52.1 Å². The fraction of sp³-hybridized carbons (Fsp3) is 0.647. The highest BCUT2D eigenvalue weighted by molar-refractivity contribution is 5.85. The van der Waals surface area contributed by atoms with Crippen molar-refractivity contribution in [3.05, 3.63) is 70.3 Å². The number of unbranched alkanes of at least 4 members (excludes halogenated alkanes) is 9. The summed E-state index contributed by atoms with van der Waals surface area (Å²) in [6.07, 6.45) is 17.6. The molecule has 0 fully saturated rings. The lowest BCUT2D eigenvalue weighted by Crippen LogP contribution is -2.04. The zero-order chi connectivity index (χ0) is 27.2. The topological polar surface area (TPSA) is 6.48 Å². The lowest BCUT2D eigenvalue weighted by Gasteiger charge is -2.17. The summed E-state index contributed by atoms with van der Waals surface area (Å²) in [5, 5.41) is 0. The molecule has 2 aromatic rings. The van der Waals surface area contributed by atoms with Crippen molar-refractivity contribution in [2.24, 2.45) is 0 Å². The normalized spacial score (nSPS) is 10.1. The Morgan fingerprint density at radius 2 is 1.00 bits per heavy atom. The molecule has 222 valence electrons. The van der Waals surface area contributed by atoms with Crippen molar-refractivity contribution < 1.29 is 0 Å². The highest BCUT2D eigenvalue weighted by Gasteiger charge is 2.11. The SMILES string of the molecule is CCCCCCCCCCCCc1c(C)ccc(CC)c1Cc1ccccc1.CN(C)C.CN(C)C.Cl.Cl. The number of hydrogen-bond donors (Lipinski definition) is 0. The van der Waals surface area contributed by atoms with Crippen molar-refractivity contribution in [3.63, 3.8) is 0 Å². The Labute approximate surface area is 250 Å². The molecule has 0 bridgehead atoms. The van der Waals surface area contributed by atoms with E-state index >= 15 is 0 Å². The van der Waals surface area contributed by atoms with Gasteiger partial charge >= 0.3 is 0 Å². The molecule has 0 atom stereocenters. The van der Waals surface area contributed by atoms with E-state index in [2.05, 4.69) is 63.2 Å². The molecule has 0 saturated carbocycles. The molecule has 0 saturated heterocycles. The van der Waals surface area contributed by atoms with Crippen LogP contribution < -0.4 is 0 Å². The summed E-state index contributed by atoms with van der Waals surface area (Å²) in [5.74, 6) is 0. The third-order valence-electron chi connectivity index (χ3n) is 6.15. The molecule has 0 spiro atoms. The van der Waals surface area contributed by atoms with Gasteiger partial charge in [-0.05, 0) is 103 Å². The standard InChI is InChI=1S/C28H42.2C3H9N.2ClH/c1-4-6-7-8-9-10-11-12-13-17-20-27-24(3)21-22-26(5-2)28(27)23-25-18-15-14-16-19-25;2*1-4(2)3;;/h14-16,18-19,21-22H,4-13,17,20,23H2,1-3H3;2*1-3H3;2*1H. The van der Waals surface area contributed by atoms with Crippen LogP contribution >= 0.6 is 24.8 Å². The van der Waals surface area contributed by atoms with E-state index in [4.69, 9.17) is 0 Å². The summed E-state index contributed by atoms with van der Waals surface area (Å²) in [7, 11) is 12.0. The maximum absolute atomic E-state index is 2.36. The first kappa shape index (κ1) is 41.4. The third-order valence-corrected chi connectivity index (χ3v) is 6.15. The molecule has 0 aliphatic carbocycles. The maximum atomic E-state index is 2.36. The molecule has 2 aromatic carbocycles. The van der Waals surface area contributed by atoms with Crippen LogP contribution in [0.1, 0.15) is 106 Å². The van der Waals surface area contributed by atoms with Gasteiger partial charge in [-0.2, -0.15) is 0 Å². The second-order valence-corrected chi connectivity index (χ2v) is 11.1. The number of rotatable bonds is 14. The van der Waals surface area contributed by atoms with Crippen molar-refractivity contribution in [3.8, 4) is 0 Å². The van der Waals surface area contributed by atoms with Gasteiger partial charge in [-0.25, -0.2) is 0 Å². The lowest BCUT2D eigenvalue weighted by molar-refractivity contribution is 0.505. The molecule has 2 nitrogen and oxygen atoms in total. The molecule has 38 heavy (non-hydrogen) atoms. The summed E-state index contributed by atoms with van der Waals surface area (Å²) in [5.41, 5.74) is 7.69. The van der Waals surface area contributed by atoms with Gasteiger partial charge in [-0.15, -0.1) is 24.8 Å². The van der Waals surface area contributed by atoms with Gasteiger partial charge in [0, 0.05) is 0 Å². The van der Waals surface area contributed by atoms with E-state index in [1.165, 1.54) is 87.3 Å². The summed E-state index contributed by atoms with van der Waals surface area (Å²) >= 11 is 0. The summed E-state index contributed by atoms with van der Waals surface area (Å²) in [6.45, 7) is 6.90. The average Bonchev–Trinajstić information content (AvgIpc) is 2.82. The molecular formula is C34H62Cl2N2. The number of aryl methyl sites for hydroxylation is 2. The van der Waals surface area contributed by atoms with Crippen molar-refractivity contribution >= 4 is 24.8 Å². The Morgan fingerprint density at radius 3 is 1.45 bits per heavy atom. The maximum Gasteiger partial charge on any atom is -0.00202 e. The molecule has 2 rings (SSSR count). The molecule has 0 aliphatic heterocycles. The third kappa shape index (κ3) is 22.9. The van der Waals surface area contributed by atoms with Crippen LogP contribution in [0.5, 0.6) is 0 Å². The Balaban J connectivity index is -0.00000108. The van der Waals surface area contributed by atoms with E-state index in [0.717, 1.165) is 12.8 Å². The highest BCUT2D eigenvalue weighted by Crippen LogP contribution is 2.25. The molecular weight excluding hydrogens is 507 g/mol. The van der Waals surface area contributed by atoms with Gasteiger partial charge < -0.3 is 9.80 Å². The molecule has 0 N–H and O–H groups in total. The molecule has 0 unspecified atom stereocenters.